The van der Waals surface area contributed by atoms with E-state index in [-0.39, 0.29) is 11.9 Å². The first-order valence-corrected chi connectivity index (χ1v) is 11.5. The molecule has 0 fully saturated rings. The highest BCUT2D eigenvalue weighted by molar-refractivity contribution is 6.73. The van der Waals surface area contributed by atoms with E-state index in [1.54, 1.807) is 6.92 Å². The van der Waals surface area contributed by atoms with Gasteiger partial charge in [-0.05, 0) is 50.7 Å². The summed E-state index contributed by atoms with van der Waals surface area (Å²) < 4.78 is 5.91. The Kier molecular flexibility index (Phi) is 12.8. The molecule has 0 heterocycles. The predicted octanol–water partition coefficient (Wildman–Crippen LogP) is 5.81. The SMILES string of the molecule is CCC=CCCCCC(CC(C)=O)OO[Si](CC)(CC)CC. The normalized spacial score (nSPS) is 13.7. The third kappa shape index (κ3) is 9.54. The van der Waals surface area contributed by atoms with Gasteiger partial charge in [-0.25, -0.2) is 4.89 Å². The maximum Gasteiger partial charge on any atom is 0.238 e. The Hall–Kier alpha value is -0.453. The summed E-state index contributed by atoms with van der Waals surface area (Å²) in [4.78, 5) is 17.2. The van der Waals surface area contributed by atoms with Crippen LogP contribution >= 0.6 is 0 Å². The average Bonchev–Trinajstić information content (AvgIpc) is 2.51. The monoisotopic (exact) mass is 328 g/mol. The fourth-order valence-corrected chi connectivity index (χ4v) is 4.71. The maximum atomic E-state index is 11.4. The van der Waals surface area contributed by atoms with Crippen molar-refractivity contribution in [1.29, 1.82) is 0 Å². The Morgan fingerprint density at radius 2 is 1.68 bits per heavy atom. The number of ketones is 1. The highest BCUT2D eigenvalue weighted by Gasteiger charge is 2.32. The zero-order valence-electron chi connectivity index (χ0n) is 15.3. The zero-order chi connectivity index (χ0) is 16.8. The van der Waals surface area contributed by atoms with Crippen molar-refractivity contribution in [3.63, 3.8) is 0 Å². The lowest BCUT2D eigenvalue weighted by Crippen LogP contribution is -2.37. The molecule has 3 nitrogen and oxygen atoms in total. The van der Waals surface area contributed by atoms with E-state index in [1.165, 1.54) is 0 Å². The minimum absolute atomic E-state index is 0.0795. The highest BCUT2D eigenvalue weighted by Crippen LogP contribution is 2.24. The van der Waals surface area contributed by atoms with E-state index < -0.39 is 8.32 Å². The van der Waals surface area contributed by atoms with Crippen molar-refractivity contribution >= 4 is 14.1 Å². The molecule has 0 radical (unpaired) electrons. The van der Waals surface area contributed by atoms with Crippen LogP contribution in [0.4, 0.5) is 0 Å². The van der Waals surface area contributed by atoms with E-state index in [0.717, 1.165) is 50.2 Å². The summed E-state index contributed by atoms with van der Waals surface area (Å²) in [7, 11) is -1.74. The number of Topliss-reactive ketones (excluding diaryl/α,β-unsaturated/α-hetero) is 1. The van der Waals surface area contributed by atoms with E-state index in [0.29, 0.717) is 6.42 Å². The van der Waals surface area contributed by atoms with Crippen LogP contribution in [0.1, 0.15) is 73.1 Å². The van der Waals surface area contributed by atoms with Gasteiger partial charge >= 0.3 is 0 Å². The zero-order valence-corrected chi connectivity index (χ0v) is 16.3. The molecule has 0 spiro atoms. The van der Waals surface area contributed by atoms with Crippen molar-refractivity contribution in [3.8, 4) is 0 Å². The Morgan fingerprint density at radius 3 is 2.18 bits per heavy atom. The number of rotatable bonds is 14. The van der Waals surface area contributed by atoms with Crippen LogP contribution in [0.2, 0.25) is 18.1 Å². The van der Waals surface area contributed by atoms with E-state index in [2.05, 4.69) is 39.8 Å². The highest BCUT2D eigenvalue weighted by atomic mass is 28.4. The second-order valence-electron chi connectivity index (χ2n) is 6.12. The van der Waals surface area contributed by atoms with Crippen LogP contribution in [0.15, 0.2) is 12.2 Å². The molecule has 0 bridgehead atoms. The maximum absolute atomic E-state index is 11.4. The van der Waals surface area contributed by atoms with Crippen molar-refractivity contribution < 1.29 is 14.3 Å². The largest absolute Gasteiger partial charge is 0.300 e. The van der Waals surface area contributed by atoms with Gasteiger partial charge in [0.05, 0.1) is 6.10 Å². The lowest BCUT2D eigenvalue weighted by molar-refractivity contribution is -0.258. The summed E-state index contributed by atoms with van der Waals surface area (Å²) in [5.74, 6) is 0.177. The van der Waals surface area contributed by atoms with Crippen LogP contribution in [-0.2, 0) is 14.3 Å². The molecule has 0 aromatic heterocycles. The topological polar surface area (TPSA) is 35.5 Å². The Balaban J connectivity index is 4.27. The molecule has 0 aliphatic carbocycles. The molecule has 1 atom stereocenters. The number of allylic oxidation sites excluding steroid dienone is 2. The van der Waals surface area contributed by atoms with Crippen molar-refractivity contribution in [1.82, 2.24) is 0 Å². The molecule has 22 heavy (non-hydrogen) atoms. The van der Waals surface area contributed by atoms with Crippen LogP contribution in [0.5, 0.6) is 0 Å². The molecule has 0 saturated heterocycles. The molecule has 0 aromatic rings. The van der Waals surface area contributed by atoms with Crippen LogP contribution in [0.25, 0.3) is 0 Å². The fraction of sp³-hybridized carbons (Fsp3) is 0.833. The summed E-state index contributed by atoms with van der Waals surface area (Å²) in [5, 5.41) is 0. The van der Waals surface area contributed by atoms with Gasteiger partial charge in [-0.3, -0.25) is 9.37 Å². The molecule has 0 saturated carbocycles. The third-order valence-corrected chi connectivity index (χ3v) is 8.67. The Labute approximate surface area is 138 Å². The summed E-state index contributed by atoms with van der Waals surface area (Å²) in [5.41, 5.74) is 0. The number of carbonyl (C=O) groups excluding carboxylic acids is 1. The Bertz CT molecular complexity index is 303. The summed E-state index contributed by atoms with van der Waals surface area (Å²) in [6, 6.07) is 3.19. The lowest BCUT2D eigenvalue weighted by Gasteiger charge is -2.28. The van der Waals surface area contributed by atoms with Gasteiger partial charge in [-0.15, -0.1) is 0 Å². The van der Waals surface area contributed by atoms with Crippen molar-refractivity contribution in [2.45, 2.75) is 97.4 Å². The van der Waals surface area contributed by atoms with Gasteiger partial charge in [0.15, 0.2) is 0 Å². The summed E-state index contributed by atoms with van der Waals surface area (Å²) in [6.45, 7) is 10.3. The minimum atomic E-state index is -1.74. The summed E-state index contributed by atoms with van der Waals surface area (Å²) in [6.07, 6.45) is 10.2. The number of unbranched alkanes of at least 4 members (excludes halogenated alkanes) is 2. The predicted molar refractivity (Wildman–Crippen MR) is 96.4 cm³/mol. The van der Waals surface area contributed by atoms with Gasteiger partial charge < -0.3 is 0 Å². The van der Waals surface area contributed by atoms with Gasteiger partial charge in [-0.1, -0.05) is 46.3 Å². The fourth-order valence-electron chi connectivity index (χ4n) is 2.52. The van der Waals surface area contributed by atoms with E-state index in [4.69, 9.17) is 9.46 Å². The number of hydrogen-bond donors (Lipinski definition) is 0. The molecule has 0 N–H and O–H groups in total. The first kappa shape index (κ1) is 21.5. The first-order valence-electron chi connectivity index (χ1n) is 9.02. The molecule has 0 amide bonds. The van der Waals surface area contributed by atoms with Crippen LogP contribution in [0, 0.1) is 0 Å². The molecule has 0 rings (SSSR count). The van der Waals surface area contributed by atoms with E-state index in [9.17, 15) is 4.79 Å². The van der Waals surface area contributed by atoms with E-state index >= 15 is 0 Å². The van der Waals surface area contributed by atoms with E-state index in [1.807, 2.05) is 0 Å². The van der Waals surface area contributed by atoms with Crippen molar-refractivity contribution in [3.05, 3.63) is 12.2 Å². The molecular formula is C18H36O3Si. The van der Waals surface area contributed by atoms with Crippen molar-refractivity contribution in [2.75, 3.05) is 0 Å². The average molecular weight is 329 g/mol. The second kappa shape index (κ2) is 13.0. The molecule has 1 unspecified atom stereocenters. The number of carbonyl (C=O) groups is 1. The van der Waals surface area contributed by atoms with Gasteiger partial charge in [0.1, 0.15) is 5.78 Å². The number of hydrogen-bond acceptors (Lipinski definition) is 3. The van der Waals surface area contributed by atoms with Crippen LogP contribution in [0.3, 0.4) is 0 Å². The molecule has 0 aromatic carbocycles. The van der Waals surface area contributed by atoms with Gasteiger partial charge in [0.2, 0.25) is 8.32 Å². The quantitative estimate of drug-likeness (QED) is 0.133. The smallest absolute Gasteiger partial charge is 0.238 e. The lowest BCUT2D eigenvalue weighted by atomic mass is 10.1. The molecule has 130 valence electrons. The van der Waals surface area contributed by atoms with Crippen LogP contribution in [-0.4, -0.2) is 20.2 Å². The van der Waals surface area contributed by atoms with Gasteiger partial charge in [0.25, 0.3) is 0 Å². The van der Waals surface area contributed by atoms with Gasteiger partial charge in [-0.2, -0.15) is 0 Å². The third-order valence-electron chi connectivity index (χ3n) is 4.36. The standard InChI is InChI=1S/C18H36O3Si/c1-6-10-11-12-13-14-15-18(16-17(5)19)20-21-22(7-2,8-3)9-4/h10-11,18H,6-9,12-16H2,1-5H3. The Morgan fingerprint density at radius 1 is 1.05 bits per heavy atom. The molecule has 0 aliphatic heterocycles. The van der Waals surface area contributed by atoms with Crippen molar-refractivity contribution in [2.24, 2.45) is 0 Å². The summed E-state index contributed by atoms with van der Waals surface area (Å²) >= 11 is 0. The van der Waals surface area contributed by atoms with Gasteiger partial charge in [0, 0.05) is 6.42 Å². The second-order valence-corrected chi connectivity index (χ2v) is 10.8. The first-order chi connectivity index (χ1) is 10.5. The molecule has 0 aliphatic rings. The minimum Gasteiger partial charge on any atom is -0.300 e. The molecule has 4 heteroatoms. The molecular weight excluding hydrogens is 292 g/mol. The van der Waals surface area contributed by atoms with Crippen LogP contribution < -0.4 is 0 Å².